The molecule has 7 heteroatoms. The van der Waals surface area contributed by atoms with E-state index in [0.717, 1.165) is 30.0 Å². The lowest BCUT2D eigenvalue weighted by Crippen LogP contribution is -2.30. The van der Waals surface area contributed by atoms with Gasteiger partial charge in [0.05, 0.1) is 5.69 Å². The molecule has 1 aromatic carbocycles. The van der Waals surface area contributed by atoms with Gasteiger partial charge in [-0.2, -0.15) is 4.68 Å². The Morgan fingerprint density at radius 3 is 2.68 bits per heavy atom. The van der Waals surface area contributed by atoms with E-state index in [1.54, 1.807) is 4.68 Å². The number of anilines is 1. The highest BCUT2D eigenvalue weighted by Gasteiger charge is 2.20. The summed E-state index contributed by atoms with van der Waals surface area (Å²) in [5.41, 5.74) is 0.925. The minimum absolute atomic E-state index is 0.297. The summed E-state index contributed by atoms with van der Waals surface area (Å²) in [5.74, 6) is 2.15. The molecular formula is C12H15N5OS. The van der Waals surface area contributed by atoms with Crippen LogP contribution in [-0.2, 0) is 10.8 Å². The summed E-state index contributed by atoms with van der Waals surface area (Å²) in [6, 6.07) is 10.1. The van der Waals surface area contributed by atoms with Crippen LogP contribution in [0.5, 0.6) is 0 Å². The second kappa shape index (κ2) is 5.48. The minimum Gasteiger partial charge on any atom is -0.350 e. The third-order valence-electron chi connectivity index (χ3n) is 3.19. The van der Waals surface area contributed by atoms with Crippen LogP contribution in [-0.4, -0.2) is 42.0 Å². The zero-order chi connectivity index (χ0) is 13.1. The quantitative estimate of drug-likeness (QED) is 0.905. The van der Waals surface area contributed by atoms with Crippen LogP contribution in [0.25, 0.3) is 5.69 Å². The topological polar surface area (TPSA) is 72.7 Å². The Morgan fingerprint density at radius 1 is 1.21 bits per heavy atom. The van der Waals surface area contributed by atoms with E-state index < -0.39 is 10.8 Å². The Balaban J connectivity index is 1.76. The number of nitrogens with one attached hydrogen (secondary N) is 1. The Bertz CT molecular complexity index is 561. The molecule has 1 aliphatic rings. The van der Waals surface area contributed by atoms with Crippen molar-refractivity contribution in [1.29, 1.82) is 0 Å². The third-order valence-corrected chi connectivity index (χ3v) is 4.57. The van der Waals surface area contributed by atoms with E-state index in [-0.39, 0.29) is 0 Å². The first-order valence-corrected chi connectivity index (χ1v) is 7.77. The van der Waals surface area contributed by atoms with Gasteiger partial charge in [0, 0.05) is 28.3 Å². The Hall–Kier alpha value is -1.76. The van der Waals surface area contributed by atoms with Crippen molar-refractivity contribution in [2.45, 2.75) is 18.9 Å². The van der Waals surface area contributed by atoms with E-state index in [4.69, 9.17) is 0 Å². The van der Waals surface area contributed by atoms with Crippen molar-refractivity contribution in [2.24, 2.45) is 0 Å². The second-order valence-electron chi connectivity index (χ2n) is 4.52. The van der Waals surface area contributed by atoms with Gasteiger partial charge in [0.1, 0.15) is 0 Å². The molecule has 0 saturated carbocycles. The van der Waals surface area contributed by atoms with Gasteiger partial charge in [-0.3, -0.25) is 4.21 Å². The molecule has 0 bridgehead atoms. The molecule has 0 amide bonds. The van der Waals surface area contributed by atoms with Crippen molar-refractivity contribution in [3.8, 4) is 5.69 Å². The number of benzene rings is 1. The van der Waals surface area contributed by atoms with Gasteiger partial charge in [0.15, 0.2) is 0 Å². The van der Waals surface area contributed by atoms with Crippen LogP contribution in [0, 0.1) is 0 Å². The molecule has 1 N–H and O–H groups in total. The van der Waals surface area contributed by atoms with Crippen LogP contribution in [0.1, 0.15) is 12.8 Å². The molecule has 0 unspecified atom stereocenters. The monoisotopic (exact) mass is 277 g/mol. The molecule has 0 spiro atoms. The number of hydrogen-bond acceptors (Lipinski definition) is 5. The highest BCUT2D eigenvalue weighted by molar-refractivity contribution is 7.85. The van der Waals surface area contributed by atoms with Crippen molar-refractivity contribution < 1.29 is 4.21 Å². The largest absolute Gasteiger partial charge is 0.350 e. The number of para-hydroxylation sites is 1. The van der Waals surface area contributed by atoms with E-state index in [1.807, 2.05) is 30.3 Å². The lowest BCUT2D eigenvalue weighted by molar-refractivity contribution is 0.618. The van der Waals surface area contributed by atoms with E-state index >= 15 is 0 Å². The van der Waals surface area contributed by atoms with Gasteiger partial charge in [-0.15, -0.1) is 0 Å². The molecule has 100 valence electrons. The highest BCUT2D eigenvalue weighted by Crippen LogP contribution is 2.16. The van der Waals surface area contributed by atoms with E-state index in [0.29, 0.717) is 12.0 Å². The average molecular weight is 277 g/mol. The van der Waals surface area contributed by atoms with Crippen molar-refractivity contribution in [3.05, 3.63) is 30.3 Å². The molecule has 0 aliphatic carbocycles. The molecule has 19 heavy (non-hydrogen) atoms. The van der Waals surface area contributed by atoms with Crippen LogP contribution in [0.2, 0.25) is 0 Å². The van der Waals surface area contributed by atoms with Gasteiger partial charge in [-0.25, -0.2) is 0 Å². The Kier molecular flexibility index (Phi) is 3.54. The standard InChI is InChI=1S/C12H15N5OS/c18-19-8-6-10(7-9-19)13-12-14-15-16-17(12)11-4-2-1-3-5-11/h1-5,10H,6-9H2,(H,13,14,16). The molecule has 2 heterocycles. The van der Waals surface area contributed by atoms with Gasteiger partial charge >= 0.3 is 0 Å². The number of tetrazole rings is 1. The molecule has 1 aliphatic heterocycles. The summed E-state index contributed by atoms with van der Waals surface area (Å²) in [4.78, 5) is 0. The lowest BCUT2D eigenvalue weighted by atomic mass is 10.2. The summed E-state index contributed by atoms with van der Waals surface area (Å²) in [7, 11) is -0.649. The van der Waals surface area contributed by atoms with Crippen LogP contribution in [0.4, 0.5) is 5.95 Å². The van der Waals surface area contributed by atoms with Gasteiger partial charge < -0.3 is 5.32 Å². The molecule has 1 saturated heterocycles. The number of rotatable bonds is 3. The molecule has 3 rings (SSSR count). The first-order valence-electron chi connectivity index (χ1n) is 6.28. The molecular weight excluding hydrogens is 262 g/mol. The Labute approximate surface area is 113 Å². The average Bonchev–Trinajstić information content (AvgIpc) is 2.90. The molecule has 0 radical (unpaired) electrons. The van der Waals surface area contributed by atoms with Crippen LogP contribution in [0.3, 0.4) is 0 Å². The normalized spacial score (nSPS) is 23.2. The van der Waals surface area contributed by atoms with Crippen LogP contribution >= 0.6 is 0 Å². The predicted molar refractivity (Wildman–Crippen MR) is 73.7 cm³/mol. The summed E-state index contributed by atoms with van der Waals surface area (Å²) in [6.45, 7) is 0. The van der Waals surface area contributed by atoms with Gasteiger partial charge in [-0.05, 0) is 35.4 Å². The van der Waals surface area contributed by atoms with Crippen molar-refractivity contribution >= 4 is 16.7 Å². The predicted octanol–water partition coefficient (Wildman–Crippen LogP) is 0.985. The molecule has 1 aromatic heterocycles. The number of nitrogens with zero attached hydrogens (tertiary/aromatic N) is 4. The fraction of sp³-hybridized carbons (Fsp3) is 0.417. The number of hydrogen-bond donors (Lipinski definition) is 1. The Morgan fingerprint density at radius 2 is 1.95 bits per heavy atom. The summed E-state index contributed by atoms with van der Waals surface area (Å²) in [5, 5.41) is 15.1. The van der Waals surface area contributed by atoms with Crippen LogP contribution < -0.4 is 5.32 Å². The maximum Gasteiger partial charge on any atom is 0.247 e. The van der Waals surface area contributed by atoms with Crippen LogP contribution in [0.15, 0.2) is 30.3 Å². The molecule has 0 atom stereocenters. The first-order chi connectivity index (χ1) is 9.33. The molecule has 2 aromatic rings. The fourth-order valence-corrected chi connectivity index (χ4v) is 3.44. The third kappa shape index (κ3) is 2.81. The van der Waals surface area contributed by atoms with E-state index in [2.05, 4.69) is 20.8 Å². The maximum atomic E-state index is 11.3. The fourth-order valence-electron chi connectivity index (χ4n) is 2.14. The van der Waals surface area contributed by atoms with Crippen molar-refractivity contribution in [3.63, 3.8) is 0 Å². The summed E-state index contributed by atoms with van der Waals surface area (Å²) >= 11 is 0. The maximum absolute atomic E-state index is 11.3. The minimum atomic E-state index is -0.649. The van der Waals surface area contributed by atoms with Gasteiger partial charge in [0.2, 0.25) is 5.95 Å². The first kappa shape index (κ1) is 12.3. The molecule has 6 nitrogen and oxygen atoms in total. The van der Waals surface area contributed by atoms with Gasteiger partial charge in [0.25, 0.3) is 0 Å². The smallest absolute Gasteiger partial charge is 0.247 e. The van der Waals surface area contributed by atoms with Crippen molar-refractivity contribution in [1.82, 2.24) is 20.2 Å². The van der Waals surface area contributed by atoms with E-state index in [9.17, 15) is 4.21 Å². The number of aromatic nitrogens is 4. The second-order valence-corrected chi connectivity index (χ2v) is 6.21. The summed E-state index contributed by atoms with van der Waals surface area (Å²) in [6.07, 6.45) is 1.79. The lowest BCUT2D eigenvalue weighted by Gasteiger charge is -2.22. The zero-order valence-electron chi connectivity index (χ0n) is 10.4. The van der Waals surface area contributed by atoms with Crippen molar-refractivity contribution in [2.75, 3.05) is 16.8 Å². The SMILES string of the molecule is O=S1CCC(Nc2nnnn2-c2ccccc2)CC1. The summed E-state index contributed by atoms with van der Waals surface area (Å²) < 4.78 is 13.0. The van der Waals surface area contributed by atoms with Gasteiger partial charge in [-0.1, -0.05) is 23.3 Å². The highest BCUT2D eigenvalue weighted by atomic mass is 32.2. The molecule has 1 fully saturated rings. The van der Waals surface area contributed by atoms with E-state index in [1.165, 1.54) is 0 Å². The zero-order valence-corrected chi connectivity index (χ0v) is 11.2.